The fraction of sp³-hybridized carbons (Fsp3) is 0.833. The average Bonchev–Trinajstić information content (AvgIpc) is 2.32. The minimum Gasteiger partial charge on any atom is -0.455 e. The van der Waals surface area contributed by atoms with Crippen molar-refractivity contribution in [1.82, 2.24) is 0 Å². The highest BCUT2D eigenvalue weighted by atomic mass is 35.5. The van der Waals surface area contributed by atoms with Gasteiger partial charge in [0.2, 0.25) is 0 Å². The molecule has 0 aliphatic carbocycles. The van der Waals surface area contributed by atoms with Crippen molar-refractivity contribution in [3.8, 4) is 0 Å². The third-order valence-electron chi connectivity index (χ3n) is 1.69. The Labute approximate surface area is 73.5 Å². The van der Waals surface area contributed by atoms with Crippen LogP contribution >= 0.6 is 11.6 Å². The molecule has 0 aromatic rings. The van der Waals surface area contributed by atoms with Crippen LogP contribution in [0.4, 0.5) is 0 Å². The van der Waals surface area contributed by atoms with E-state index in [4.69, 9.17) is 26.9 Å². The van der Waals surface area contributed by atoms with Gasteiger partial charge in [-0.25, -0.2) is 4.79 Å². The van der Waals surface area contributed by atoms with E-state index in [0.717, 1.165) is 0 Å². The van der Waals surface area contributed by atoms with Crippen LogP contribution in [0, 0.1) is 0 Å². The summed E-state index contributed by atoms with van der Waals surface area (Å²) < 4.78 is 4.47. The summed E-state index contributed by atoms with van der Waals surface area (Å²) in [5.74, 6) is -1.10. The van der Waals surface area contributed by atoms with Crippen LogP contribution in [0.3, 0.4) is 0 Å². The van der Waals surface area contributed by atoms with Gasteiger partial charge in [-0.15, -0.1) is 11.6 Å². The van der Waals surface area contributed by atoms with Crippen LogP contribution in [0.25, 0.3) is 0 Å². The number of ether oxygens (including phenoxy) is 1. The van der Waals surface area contributed by atoms with Crippen molar-refractivity contribution < 1.29 is 24.9 Å². The van der Waals surface area contributed by atoms with Crippen LogP contribution in [0.5, 0.6) is 0 Å². The number of aliphatic hydroxyl groups is 3. The zero-order valence-electron chi connectivity index (χ0n) is 6.05. The van der Waals surface area contributed by atoms with Gasteiger partial charge in [0.1, 0.15) is 12.2 Å². The molecule has 0 amide bonds. The summed E-state index contributed by atoms with van der Waals surface area (Å²) in [6, 6.07) is 0. The van der Waals surface area contributed by atoms with E-state index in [2.05, 4.69) is 4.74 Å². The molecule has 0 aromatic carbocycles. The Bertz CT molecular complexity index is 185. The fourth-order valence-electron chi connectivity index (χ4n) is 0.987. The topological polar surface area (TPSA) is 87.0 Å². The van der Waals surface area contributed by atoms with Gasteiger partial charge >= 0.3 is 5.97 Å². The summed E-state index contributed by atoms with van der Waals surface area (Å²) in [6.07, 6.45) is -5.24. The van der Waals surface area contributed by atoms with Crippen LogP contribution in [0.15, 0.2) is 0 Å². The van der Waals surface area contributed by atoms with E-state index in [9.17, 15) is 4.79 Å². The van der Waals surface area contributed by atoms with Crippen molar-refractivity contribution in [1.29, 1.82) is 0 Å². The number of alkyl halides is 1. The van der Waals surface area contributed by atoms with Crippen LogP contribution in [-0.4, -0.2) is 51.6 Å². The van der Waals surface area contributed by atoms with Crippen LogP contribution in [-0.2, 0) is 9.53 Å². The summed E-state index contributed by atoms with van der Waals surface area (Å²) in [7, 11) is 0. The number of halogens is 1. The maximum Gasteiger partial charge on any atom is 0.338 e. The Morgan fingerprint density at radius 2 is 2.17 bits per heavy atom. The van der Waals surface area contributed by atoms with Gasteiger partial charge in [0.25, 0.3) is 0 Å². The van der Waals surface area contributed by atoms with Gasteiger partial charge < -0.3 is 20.1 Å². The van der Waals surface area contributed by atoms with Gasteiger partial charge in [0, 0.05) is 0 Å². The Hall–Kier alpha value is -0.360. The zero-order chi connectivity index (χ0) is 9.30. The smallest absolute Gasteiger partial charge is 0.338 e. The van der Waals surface area contributed by atoms with Crippen LogP contribution < -0.4 is 0 Å². The lowest BCUT2D eigenvalue weighted by atomic mass is 10.1. The van der Waals surface area contributed by atoms with Crippen molar-refractivity contribution in [2.45, 2.75) is 24.4 Å². The van der Waals surface area contributed by atoms with Crippen molar-refractivity contribution in [2.75, 3.05) is 5.88 Å². The lowest BCUT2D eigenvalue weighted by Crippen LogP contribution is -2.39. The minimum absolute atomic E-state index is 0.165. The summed E-state index contributed by atoms with van der Waals surface area (Å²) >= 11 is 5.26. The Balaban J connectivity index is 2.64. The summed E-state index contributed by atoms with van der Waals surface area (Å²) in [5.41, 5.74) is 0. The largest absolute Gasteiger partial charge is 0.455 e. The summed E-state index contributed by atoms with van der Waals surface area (Å²) in [5, 5.41) is 27.1. The number of esters is 1. The zero-order valence-corrected chi connectivity index (χ0v) is 6.81. The first kappa shape index (κ1) is 9.73. The second-order valence-corrected chi connectivity index (χ2v) is 2.87. The van der Waals surface area contributed by atoms with Gasteiger partial charge in [-0.1, -0.05) is 0 Å². The first-order valence-electron chi connectivity index (χ1n) is 3.38. The second-order valence-electron chi connectivity index (χ2n) is 2.56. The molecule has 1 rings (SSSR count). The molecule has 70 valence electrons. The third-order valence-corrected chi connectivity index (χ3v) is 2.01. The second kappa shape index (κ2) is 3.57. The van der Waals surface area contributed by atoms with Gasteiger partial charge in [-0.2, -0.15) is 0 Å². The molecule has 1 saturated heterocycles. The quantitative estimate of drug-likeness (QED) is 0.360. The first-order chi connectivity index (χ1) is 5.57. The molecule has 0 spiro atoms. The number of carbonyl (C=O) groups excluding carboxylic acids is 1. The number of hydrogen-bond acceptors (Lipinski definition) is 5. The molecule has 0 radical (unpaired) electrons. The van der Waals surface area contributed by atoms with Gasteiger partial charge in [0.15, 0.2) is 12.2 Å². The number of hydrogen-bond donors (Lipinski definition) is 3. The highest BCUT2D eigenvalue weighted by molar-refractivity contribution is 6.18. The molecule has 1 fully saturated rings. The average molecular weight is 197 g/mol. The highest BCUT2D eigenvalue weighted by Crippen LogP contribution is 2.19. The van der Waals surface area contributed by atoms with E-state index < -0.39 is 30.4 Å². The summed E-state index contributed by atoms with van der Waals surface area (Å²) in [4.78, 5) is 10.6. The lowest BCUT2D eigenvalue weighted by Gasteiger charge is -2.17. The minimum atomic E-state index is -1.58. The van der Waals surface area contributed by atoms with Crippen molar-refractivity contribution in [3.05, 3.63) is 0 Å². The molecule has 12 heavy (non-hydrogen) atoms. The van der Waals surface area contributed by atoms with E-state index in [1.165, 1.54) is 0 Å². The molecule has 4 atom stereocenters. The predicted octanol–water partition coefficient (Wildman–Crippen LogP) is -1.77. The van der Waals surface area contributed by atoms with Crippen LogP contribution in [0.1, 0.15) is 0 Å². The molecule has 0 bridgehead atoms. The van der Waals surface area contributed by atoms with Crippen LogP contribution in [0.2, 0.25) is 0 Å². The number of carbonyl (C=O) groups is 1. The molecule has 6 heteroatoms. The Morgan fingerprint density at radius 1 is 1.58 bits per heavy atom. The molecule has 1 aliphatic rings. The van der Waals surface area contributed by atoms with Gasteiger partial charge in [-0.3, -0.25) is 0 Å². The maximum absolute atomic E-state index is 10.6. The van der Waals surface area contributed by atoms with E-state index in [-0.39, 0.29) is 5.88 Å². The molecule has 3 N–H and O–H groups in total. The van der Waals surface area contributed by atoms with E-state index in [1.54, 1.807) is 0 Å². The van der Waals surface area contributed by atoms with Gasteiger partial charge in [-0.05, 0) is 0 Å². The predicted molar refractivity (Wildman–Crippen MR) is 38.6 cm³/mol. The summed E-state index contributed by atoms with van der Waals surface area (Å²) in [6.45, 7) is 0. The van der Waals surface area contributed by atoms with E-state index in [0.29, 0.717) is 0 Å². The maximum atomic E-state index is 10.6. The van der Waals surface area contributed by atoms with Gasteiger partial charge in [0.05, 0.1) is 5.88 Å². The van der Waals surface area contributed by atoms with Crippen molar-refractivity contribution in [3.63, 3.8) is 0 Å². The normalized spacial score (nSPS) is 38.0. The highest BCUT2D eigenvalue weighted by Gasteiger charge is 2.45. The Kier molecular flexibility index (Phi) is 2.89. The van der Waals surface area contributed by atoms with Crippen molar-refractivity contribution in [2.24, 2.45) is 0 Å². The Morgan fingerprint density at radius 3 is 2.50 bits per heavy atom. The van der Waals surface area contributed by atoms with E-state index in [1.807, 2.05) is 0 Å². The molecule has 0 saturated carbocycles. The monoisotopic (exact) mass is 196 g/mol. The molecular formula is C6H9ClO5. The number of cyclic esters (lactones) is 1. The molecule has 1 aliphatic heterocycles. The molecule has 1 heterocycles. The van der Waals surface area contributed by atoms with Crippen molar-refractivity contribution >= 4 is 17.6 Å². The number of rotatable bonds is 2. The molecule has 1 unspecified atom stereocenters. The van der Waals surface area contributed by atoms with E-state index >= 15 is 0 Å². The molecular weight excluding hydrogens is 188 g/mol. The lowest BCUT2D eigenvalue weighted by molar-refractivity contribution is -0.150. The first-order valence-corrected chi connectivity index (χ1v) is 3.92. The third kappa shape index (κ3) is 1.54. The fourth-order valence-corrected chi connectivity index (χ4v) is 1.16. The molecule has 5 nitrogen and oxygen atoms in total. The standard InChI is InChI=1S/C6H9ClO5/c7-1-2(8)5-3(9)4(10)6(11)12-5/h2-5,8-10H,1H2/t2-,3-,4?,5-/m1/s1. The number of aliphatic hydroxyl groups excluding tert-OH is 3. The molecule has 0 aromatic heterocycles. The SMILES string of the molecule is O=C1O[C@H]([C@H](O)CCl)[C@H](O)C1O.